The van der Waals surface area contributed by atoms with Crippen LogP contribution in [0, 0.1) is 5.92 Å². The zero-order valence-electron chi connectivity index (χ0n) is 13.8. The van der Waals surface area contributed by atoms with Crippen LogP contribution in [0.3, 0.4) is 0 Å². The Kier molecular flexibility index (Phi) is 5.45. The molecule has 2 aromatic carbocycles. The first-order valence-electron chi connectivity index (χ1n) is 8.02. The van der Waals surface area contributed by atoms with E-state index in [1.807, 2.05) is 24.3 Å². The molecule has 130 valence electrons. The summed E-state index contributed by atoms with van der Waals surface area (Å²) in [7, 11) is 1.74. The van der Waals surface area contributed by atoms with E-state index in [9.17, 15) is 9.59 Å². The second-order valence-corrected chi connectivity index (χ2v) is 7.38. The van der Waals surface area contributed by atoms with Gasteiger partial charge in [0, 0.05) is 35.3 Å². The average molecular weight is 422 g/mol. The van der Waals surface area contributed by atoms with Crippen LogP contribution in [0.1, 0.15) is 12.0 Å². The van der Waals surface area contributed by atoms with Gasteiger partial charge in [-0.15, -0.1) is 0 Å². The van der Waals surface area contributed by atoms with Crippen LogP contribution in [0.15, 0.2) is 53.0 Å². The van der Waals surface area contributed by atoms with E-state index < -0.39 is 5.92 Å². The maximum absolute atomic E-state index is 12.7. The molecule has 3 rings (SSSR count). The van der Waals surface area contributed by atoms with Gasteiger partial charge in [0.2, 0.25) is 11.8 Å². The van der Waals surface area contributed by atoms with Gasteiger partial charge < -0.3 is 9.80 Å². The molecule has 0 bridgehead atoms. The number of amides is 2. The van der Waals surface area contributed by atoms with Crippen LogP contribution in [0.5, 0.6) is 0 Å². The second-order valence-electron chi connectivity index (χ2n) is 6.09. The Balaban J connectivity index is 1.69. The van der Waals surface area contributed by atoms with Crippen LogP contribution in [0.2, 0.25) is 5.02 Å². The van der Waals surface area contributed by atoms with Gasteiger partial charge in [-0.3, -0.25) is 9.59 Å². The Labute approximate surface area is 160 Å². The van der Waals surface area contributed by atoms with E-state index in [-0.39, 0.29) is 11.8 Å². The van der Waals surface area contributed by atoms with Crippen molar-refractivity contribution in [2.45, 2.75) is 13.0 Å². The SMILES string of the molecule is CN(Cc1ccccc1Br)C(=O)C1CCN(c2ccc(Cl)cc2)C1=O. The average Bonchev–Trinajstić information content (AvgIpc) is 2.98. The minimum Gasteiger partial charge on any atom is -0.341 e. The van der Waals surface area contributed by atoms with Crippen LogP contribution in [-0.4, -0.2) is 30.3 Å². The second kappa shape index (κ2) is 7.58. The van der Waals surface area contributed by atoms with Crippen molar-refractivity contribution in [2.75, 3.05) is 18.5 Å². The number of carbonyl (C=O) groups excluding carboxylic acids is 2. The summed E-state index contributed by atoms with van der Waals surface area (Å²) in [6.07, 6.45) is 0.528. The molecule has 1 atom stereocenters. The van der Waals surface area contributed by atoms with E-state index in [0.29, 0.717) is 24.5 Å². The highest BCUT2D eigenvalue weighted by Crippen LogP contribution is 2.28. The van der Waals surface area contributed by atoms with Gasteiger partial charge in [0.05, 0.1) is 0 Å². The van der Waals surface area contributed by atoms with Gasteiger partial charge in [-0.1, -0.05) is 45.7 Å². The number of rotatable bonds is 4. The van der Waals surface area contributed by atoms with Crippen LogP contribution in [0.25, 0.3) is 0 Å². The maximum atomic E-state index is 12.7. The third-order valence-electron chi connectivity index (χ3n) is 4.38. The summed E-state index contributed by atoms with van der Waals surface area (Å²) < 4.78 is 0.954. The zero-order valence-corrected chi connectivity index (χ0v) is 16.1. The van der Waals surface area contributed by atoms with Crippen molar-refractivity contribution in [3.63, 3.8) is 0 Å². The summed E-state index contributed by atoms with van der Waals surface area (Å²) in [5.41, 5.74) is 1.79. The summed E-state index contributed by atoms with van der Waals surface area (Å²) in [6.45, 7) is 1.00. The molecule has 1 aliphatic rings. The number of hydrogen-bond acceptors (Lipinski definition) is 2. The van der Waals surface area contributed by atoms with Crippen molar-refractivity contribution >= 4 is 45.0 Å². The highest BCUT2D eigenvalue weighted by molar-refractivity contribution is 9.10. The molecule has 2 amide bonds. The minimum atomic E-state index is -0.622. The molecule has 0 spiro atoms. The molecule has 0 radical (unpaired) electrons. The third-order valence-corrected chi connectivity index (χ3v) is 5.41. The number of benzene rings is 2. The lowest BCUT2D eigenvalue weighted by atomic mass is 10.1. The predicted molar refractivity (Wildman–Crippen MR) is 103 cm³/mol. The molecule has 0 aromatic heterocycles. The van der Waals surface area contributed by atoms with E-state index >= 15 is 0 Å². The van der Waals surface area contributed by atoms with Gasteiger partial charge in [-0.25, -0.2) is 0 Å². The first-order valence-corrected chi connectivity index (χ1v) is 9.20. The summed E-state index contributed by atoms with van der Waals surface area (Å²) in [5, 5.41) is 0.621. The Morgan fingerprint density at radius 1 is 1.24 bits per heavy atom. The largest absolute Gasteiger partial charge is 0.341 e. The molecule has 0 aliphatic carbocycles. The molecular formula is C19H18BrClN2O2. The van der Waals surface area contributed by atoms with E-state index in [4.69, 9.17) is 11.6 Å². The normalized spacial score (nSPS) is 17.0. The highest BCUT2D eigenvalue weighted by Gasteiger charge is 2.38. The Hall–Kier alpha value is -1.85. The Morgan fingerprint density at radius 3 is 2.60 bits per heavy atom. The molecule has 4 nitrogen and oxygen atoms in total. The number of halogens is 2. The lowest BCUT2D eigenvalue weighted by molar-refractivity contribution is -0.139. The summed E-state index contributed by atoms with van der Waals surface area (Å²) >= 11 is 9.39. The van der Waals surface area contributed by atoms with Gasteiger partial charge in [0.15, 0.2) is 0 Å². The van der Waals surface area contributed by atoms with Crippen molar-refractivity contribution in [1.82, 2.24) is 4.90 Å². The zero-order chi connectivity index (χ0) is 18.0. The maximum Gasteiger partial charge on any atom is 0.239 e. The molecule has 6 heteroatoms. The summed E-state index contributed by atoms with van der Waals surface area (Å²) in [6, 6.07) is 14.9. The van der Waals surface area contributed by atoms with Crippen molar-refractivity contribution < 1.29 is 9.59 Å². The van der Waals surface area contributed by atoms with E-state index in [2.05, 4.69) is 15.9 Å². The molecule has 2 aromatic rings. The standard InChI is InChI=1S/C19H18BrClN2O2/c1-22(12-13-4-2-3-5-17(13)20)18(24)16-10-11-23(19(16)25)15-8-6-14(21)7-9-15/h2-9,16H,10-12H2,1H3. The smallest absolute Gasteiger partial charge is 0.239 e. The van der Waals surface area contributed by atoms with E-state index in [1.165, 1.54) is 0 Å². The molecule has 0 saturated carbocycles. The van der Waals surface area contributed by atoms with Gasteiger partial charge >= 0.3 is 0 Å². The van der Waals surface area contributed by atoms with Crippen molar-refractivity contribution in [3.05, 3.63) is 63.6 Å². The first-order chi connectivity index (χ1) is 12.0. The molecular weight excluding hydrogens is 404 g/mol. The lowest BCUT2D eigenvalue weighted by Gasteiger charge is -2.22. The molecule has 1 aliphatic heterocycles. The van der Waals surface area contributed by atoms with Crippen molar-refractivity contribution in [2.24, 2.45) is 5.92 Å². The number of carbonyl (C=O) groups is 2. The number of nitrogens with zero attached hydrogens (tertiary/aromatic N) is 2. The summed E-state index contributed by atoms with van der Waals surface area (Å²) in [5.74, 6) is -0.910. The topological polar surface area (TPSA) is 40.6 Å². The van der Waals surface area contributed by atoms with Crippen molar-refractivity contribution in [3.8, 4) is 0 Å². The molecule has 1 heterocycles. The molecule has 1 unspecified atom stereocenters. The fourth-order valence-electron chi connectivity index (χ4n) is 3.01. The number of anilines is 1. The van der Waals surface area contributed by atoms with Crippen LogP contribution in [-0.2, 0) is 16.1 Å². The molecule has 1 saturated heterocycles. The Morgan fingerprint density at radius 2 is 1.92 bits per heavy atom. The van der Waals surface area contributed by atoms with Gasteiger partial charge in [0.25, 0.3) is 0 Å². The van der Waals surface area contributed by atoms with Crippen LogP contribution < -0.4 is 4.90 Å². The van der Waals surface area contributed by atoms with Gasteiger partial charge in [-0.05, 0) is 42.3 Å². The number of hydrogen-bond donors (Lipinski definition) is 0. The quantitative estimate of drug-likeness (QED) is 0.697. The van der Waals surface area contributed by atoms with Gasteiger partial charge in [-0.2, -0.15) is 0 Å². The summed E-state index contributed by atoms with van der Waals surface area (Å²) in [4.78, 5) is 28.7. The first kappa shape index (κ1) is 18.0. The third kappa shape index (κ3) is 3.88. The van der Waals surface area contributed by atoms with Gasteiger partial charge in [0.1, 0.15) is 5.92 Å². The monoisotopic (exact) mass is 420 g/mol. The Bertz CT molecular complexity index is 794. The molecule has 1 fully saturated rings. The fourth-order valence-corrected chi connectivity index (χ4v) is 3.55. The predicted octanol–water partition coefficient (Wildman–Crippen LogP) is 4.11. The van der Waals surface area contributed by atoms with E-state index in [1.54, 1.807) is 41.1 Å². The minimum absolute atomic E-state index is 0.141. The van der Waals surface area contributed by atoms with E-state index in [0.717, 1.165) is 15.7 Å². The van der Waals surface area contributed by atoms with Crippen molar-refractivity contribution in [1.29, 1.82) is 0 Å². The lowest BCUT2D eigenvalue weighted by Crippen LogP contribution is -2.37. The highest BCUT2D eigenvalue weighted by atomic mass is 79.9. The fraction of sp³-hybridized carbons (Fsp3) is 0.263. The van der Waals surface area contributed by atoms with Crippen LogP contribution in [0.4, 0.5) is 5.69 Å². The molecule has 25 heavy (non-hydrogen) atoms. The molecule has 0 N–H and O–H groups in total. The van der Waals surface area contributed by atoms with Crippen LogP contribution >= 0.6 is 27.5 Å².